The fourth-order valence-corrected chi connectivity index (χ4v) is 5.05. The summed E-state index contributed by atoms with van der Waals surface area (Å²) in [5.74, 6) is -1.03. The summed E-state index contributed by atoms with van der Waals surface area (Å²) in [5, 5.41) is 6.23. The van der Waals surface area contributed by atoms with Crippen LogP contribution in [0, 0.1) is 24.0 Å². The zero-order valence-corrected chi connectivity index (χ0v) is 26.5. The first-order chi connectivity index (χ1) is 19.1. The van der Waals surface area contributed by atoms with Crippen LogP contribution in [0.15, 0.2) is 60.7 Å². The quantitative estimate of drug-likeness (QED) is 0.119. The van der Waals surface area contributed by atoms with Crippen LogP contribution in [0.5, 0.6) is 0 Å². The summed E-state index contributed by atoms with van der Waals surface area (Å²) in [5.41, 5.74) is 5.67. The van der Waals surface area contributed by atoms with E-state index >= 15 is 0 Å². The Morgan fingerprint density at radius 2 is 1.61 bits per heavy atom. The van der Waals surface area contributed by atoms with Crippen molar-refractivity contribution in [2.45, 2.75) is 71.6 Å². The standard InChI is InChI=1S/C34H34F2N4.Pt/c1-7-21(3)23-11-9-12-25(19-23)40-29-17-15-24(22(4)8-2)20-27(29)32(39-40)34(5,6)30-14-10-13-28(37-30)26-16-18-31(35)38-33(26)36;/h9-11,13-15,17-22H,7-8H2,1-6H3;/q-2;+2. The largest absolute Gasteiger partial charge is 2.00 e. The van der Waals surface area contributed by atoms with Gasteiger partial charge < -0.3 is 4.98 Å². The Balaban J connectivity index is 0.00000387. The third kappa shape index (κ3) is 5.90. The van der Waals surface area contributed by atoms with Gasteiger partial charge in [-0.15, -0.1) is 12.1 Å². The number of rotatable bonds is 8. The van der Waals surface area contributed by atoms with E-state index in [2.05, 4.69) is 89.0 Å². The van der Waals surface area contributed by atoms with Crippen LogP contribution in [-0.4, -0.2) is 19.7 Å². The van der Waals surface area contributed by atoms with Crippen molar-refractivity contribution in [1.29, 1.82) is 0 Å². The average molecular weight is 732 g/mol. The predicted octanol–water partition coefficient (Wildman–Crippen LogP) is 8.71. The molecule has 214 valence electrons. The third-order valence-corrected chi connectivity index (χ3v) is 8.09. The summed E-state index contributed by atoms with van der Waals surface area (Å²) in [7, 11) is 0. The molecule has 5 aromatic rings. The summed E-state index contributed by atoms with van der Waals surface area (Å²) in [4.78, 5) is 8.12. The smallest absolute Gasteiger partial charge is 0.300 e. The monoisotopic (exact) mass is 731 g/mol. The number of hydrogen-bond acceptors (Lipinski definition) is 3. The molecular formula is C34H34F2N4Pt. The number of aromatic nitrogens is 4. The van der Waals surface area contributed by atoms with Gasteiger partial charge in [-0.3, -0.25) is 9.67 Å². The van der Waals surface area contributed by atoms with Gasteiger partial charge in [0.25, 0.3) is 0 Å². The minimum atomic E-state index is -0.938. The van der Waals surface area contributed by atoms with Gasteiger partial charge in [0.15, 0.2) is 0 Å². The third-order valence-electron chi connectivity index (χ3n) is 8.09. The van der Waals surface area contributed by atoms with E-state index in [0.717, 1.165) is 41.2 Å². The molecule has 3 heterocycles. The van der Waals surface area contributed by atoms with Crippen LogP contribution in [0.1, 0.15) is 88.7 Å². The second kappa shape index (κ2) is 12.3. The van der Waals surface area contributed by atoms with E-state index in [-0.39, 0.29) is 26.6 Å². The first-order valence-electron chi connectivity index (χ1n) is 13.9. The first kappa shape index (κ1) is 30.7. The van der Waals surface area contributed by atoms with Crippen LogP contribution in [0.3, 0.4) is 0 Å². The summed E-state index contributed by atoms with van der Waals surface area (Å²) in [6.07, 6.45) is 2.07. The van der Waals surface area contributed by atoms with Gasteiger partial charge in [-0.1, -0.05) is 63.9 Å². The fourth-order valence-electron chi connectivity index (χ4n) is 5.05. The molecule has 2 aromatic carbocycles. The van der Waals surface area contributed by atoms with Gasteiger partial charge in [-0.25, -0.2) is 8.78 Å². The van der Waals surface area contributed by atoms with Gasteiger partial charge in [-0.2, -0.15) is 28.9 Å². The molecule has 3 aromatic heterocycles. The number of benzene rings is 2. The molecule has 4 nitrogen and oxygen atoms in total. The van der Waals surface area contributed by atoms with Crippen molar-refractivity contribution >= 4 is 10.9 Å². The summed E-state index contributed by atoms with van der Waals surface area (Å²) in [6, 6.07) is 25.3. The van der Waals surface area contributed by atoms with Crippen molar-refractivity contribution in [1.82, 2.24) is 19.7 Å². The molecule has 2 atom stereocenters. The van der Waals surface area contributed by atoms with Crippen LogP contribution < -0.4 is 0 Å². The minimum absolute atomic E-state index is 0. The molecule has 0 saturated heterocycles. The Morgan fingerprint density at radius 1 is 0.902 bits per heavy atom. The van der Waals surface area contributed by atoms with Crippen molar-refractivity contribution in [3.8, 4) is 16.9 Å². The van der Waals surface area contributed by atoms with E-state index in [0.29, 0.717) is 23.2 Å². The molecule has 7 heteroatoms. The maximum Gasteiger partial charge on any atom is 2.00 e. The molecule has 41 heavy (non-hydrogen) atoms. The van der Waals surface area contributed by atoms with Gasteiger partial charge in [0, 0.05) is 11.1 Å². The summed E-state index contributed by atoms with van der Waals surface area (Å²) >= 11 is 0. The van der Waals surface area contributed by atoms with Gasteiger partial charge in [0.05, 0.1) is 16.6 Å². The number of fused-ring (bicyclic) bond motifs is 1. The number of pyridine rings is 2. The van der Waals surface area contributed by atoms with Gasteiger partial charge in [-0.05, 0) is 67.2 Å². The maximum atomic E-state index is 14.5. The zero-order chi connectivity index (χ0) is 28.6. The normalized spacial score (nSPS) is 13.2. The maximum absolute atomic E-state index is 14.5. The van der Waals surface area contributed by atoms with E-state index in [1.165, 1.54) is 11.1 Å². The molecule has 0 fully saturated rings. The molecule has 0 spiro atoms. The molecule has 0 amide bonds. The Kier molecular flexibility index (Phi) is 9.23. The van der Waals surface area contributed by atoms with Crippen LogP contribution in [0.2, 0.25) is 0 Å². The van der Waals surface area contributed by atoms with Crippen LogP contribution in [-0.2, 0) is 26.5 Å². The van der Waals surface area contributed by atoms with E-state index in [9.17, 15) is 8.78 Å². The van der Waals surface area contributed by atoms with Gasteiger partial charge >= 0.3 is 21.1 Å². The van der Waals surface area contributed by atoms with Crippen LogP contribution in [0.4, 0.5) is 8.78 Å². The molecule has 0 aliphatic rings. The van der Waals surface area contributed by atoms with Gasteiger partial charge in [0.2, 0.25) is 0 Å². The minimum Gasteiger partial charge on any atom is -0.300 e. The molecule has 0 bridgehead atoms. The van der Waals surface area contributed by atoms with Crippen LogP contribution in [0.25, 0.3) is 27.8 Å². The fraction of sp³-hybridized carbons (Fsp3) is 0.324. The number of nitrogens with zero attached hydrogens (tertiary/aromatic N) is 4. The van der Waals surface area contributed by atoms with Gasteiger partial charge in [0.1, 0.15) is 11.9 Å². The van der Waals surface area contributed by atoms with E-state index < -0.39 is 17.3 Å². The molecular weight excluding hydrogens is 697 g/mol. The molecule has 2 unspecified atom stereocenters. The second-order valence-electron chi connectivity index (χ2n) is 11.1. The second-order valence-corrected chi connectivity index (χ2v) is 11.1. The molecule has 0 saturated carbocycles. The molecule has 5 rings (SSSR count). The van der Waals surface area contributed by atoms with Crippen molar-refractivity contribution in [2.75, 3.05) is 0 Å². The van der Waals surface area contributed by atoms with Crippen LogP contribution >= 0.6 is 0 Å². The molecule has 0 aliphatic heterocycles. The van der Waals surface area contributed by atoms with Crippen molar-refractivity contribution in [2.24, 2.45) is 0 Å². The first-order valence-corrected chi connectivity index (χ1v) is 13.9. The van der Waals surface area contributed by atoms with E-state index in [1.807, 2.05) is 22.9 Å². The van der Waals surface area contributed by atoms with E-state index in [4.69, 9.17) is 10.1 Å². The van der Waals surface area contributed by atoms with Crippen molar-refractivity contribution < 1.29 is 29.8 Å². The molecule has 0 N–H and O–H groups in total. The summed E-state index contributed by atoms with van der Waals surface area (Å²) in [6.45, 7) is 13.0. The van der Waals surface area contributed by atoms with Crippen molar-refractivity contribution in [3.05, 3.63) is 107 Å². The molecule has 0 aliphatic carbocycles. The average Bonchev–Trinajstić information content (AvgIpc) is 3.36. The Bertz CT molecular complexity index is 1680. The molecule has 0 radical (unpaired) electrons. The van der Waals surface area contributed by atoms with E-state index in [1.54, 1.807) is 6.07 Å². The zero-order valence-electron chi connectivity index (χ0n) is 24.2. The predicted molar refractivity (Wildman–Crippen MR) is 156 cm³/mol. The number of hydrogen-bond donors (Lipinski definition) is 0. The topological polar surface area (TPSA) is 43.6 Å². The summed E-state index contributed by atoms with van der Waals surface area (Å²) < 4.78 is 29.9. The Labute approximate surface area is 255 Å². The number of halogens is 2. The van der Waals surface area contributed by atoms with Crippen molar-refractivity contribution in [3.63, 3.8) is 0 Å². The Morgan fingerprint density at radius 3 is 2.29 bits per heavy atom. The SMILES string of the molecule is CCC(C)c1cc[c-]c(-n2nc(C(C)(C)c3cccc(-c4[c-]cc(F)nc4F)n3)c3cc(C(C)CC)ccc32)c1.[Pt+2]. The Hall–Kier alpha value is -3.24.